The first-order valence-electron chi connectivity index (χ1n) is 9.96. The maximum absolute atomic E-state index is 12.9. The fourth-order valence-electron chi connectivity index (χ4n) is 3.42. The summed E-state index contributed by atoms with van der Waals surface area (Å²) in [4.78, 5) is 41.1. The molecule has 3 N–H and O–H groups in total. The van der Waals surface area contributed by atoms with Crippen LogP contribution in [0.3, 0.4) is 0 Å². The fraction of sp³-hybridized carbons (Fsp3) is 0.579. The quantitative estimate of drug-likeness (QED) is 0.481. The number of amides is 3. The number of ether oxygens (including phenoxy) is 2. The van der Waals surface area contributed by atoms with Crippen molar-refractivity contribution in [1.82, 2.24) is 10.2 Å². The van der Waals surface area contributed by atoms with Crippen molar-refractivity contribution in [3.63, 3.8) is 0 Å². The molecular formula is C19H23F3N4O5S. The zero-order valence-corrected chi connectivity index (χ0v) is 17.8. The Labute approximate surface area is 185 Å². The van der Waals surface area contributed by atoms with Gasteiger partial charge in [-0.25, -0.2) is 0 Å². The van der Waals surface area contributed by atoms with Crippen LogP contribution in [0.25, 0.3) is 0 Å². The first kappa shape index (κ1) is 24.1. The summed E-state index contributed by atoms with van der Waals surface area (Å²) in [7, 11) is 0. The molecule has 2 saturated heterocycles. The molecule has 0 radical (unpaired) electrons. The summed E-state index contributed by atoms with van der Waals surface area (Å²) in [5.74, 6) is -3.51. The van der Waals surface area contributed by atoms with Gasteiger partial charge in [0.2, 0.25) is 5.91 Å². The number of aliphatic imine (C=N–C) groups is 1. The first-order valence-corrected chi connectivity index (χ1v) is 10.8. The third kappa shape index (κ3) is 6.04. The SMILES string of the molecule is NC(=NC(=O)C(F)(F)F)c1ccc(C(=O)NCC2COCCN2C(=O)C2CCOCC2)s1. The minimum Gasteiger partial charge on any atom is -0.382 e. The molecule has 32 heavy (non-hydrogen) atoms. The number of thiophene rings is 1. The molecular weight excluding hydrogens is 453 g/mol. The number of nitrogens with one attached hydrogen (secondary N) is 1. The second-order valence-electron chi connectivity index (χ2n) is 7.32. The second kappa shape index (κ2) is 10.4. The standard InChI is InChI=1S/C19H23F3N4O5S/c20-19(21,22)18(29)25-15(23)13-1-2-14(32-13)16(27)24-9-12-10-31-8-5-26(12)17(28)11-3-6-30-7-4-11/h1-2,11-12H,3-10H2,(H,24,27)(H2,23,25,29). The lowest BCUT2D eigenvalue weighted by molar-refractivity contribution is -0.169. The van der Waals surface area contributed by atoms with Crippen molar-refractivity contribution >= 4 is 34.9 Å². The molecule has 176 valence electrons. The molecule has 2 fully saturated rings. The van der Waals surface area contributed by atoms with Crippen molar-refractivity contribution in [2.24, 2.45) is 16.6 Å². The Morgan fingerprint density at radius 3 is 2.53 bits per heavy atom. The van der Waals surface area contributed by atoms with Crippen LogP contribution in [0.5, 0.6) is 0 Å². The summed E-state index contributed by atoms with van der Waals surface area (Å²) in [6.07, 6.45) is -3.81. The monoisotopic (exact) mass is 476 g/mol. The Morgan fingerprint density at radius 1 is 1.16 bits per heavy atom. The molecule has 1 unspecified atom stereocenters. The highest BCUT2D eigenvalue weighted by atomic mass is 32.1. The highest BCUT2D eigenvalue weighted by Gasteiger charge is 2.39. The van der Waals surface area contributed by atoms with Crippen molar-refractivity contribution in [3.8, 4) is 0 Å². The van der Waals surface area contributed by atoms with Gasteiger partial charge in [-0.2, -0.15) is 18.2 Å². The van der Waals surface area contributed by atoms with Crippen LogP contribution >= 0.6 is 11.3 Å². The van der Waals surface area contributed by atoms with Crippen LogP contribution in [-0.2, 0) is 19.1 Å². The lowest BCUT2D eigenvalue weighted by Crippen LogP contribution is -2.55. The average Bonchev–Trinajstić information content (AvgIpc) is 3.28. The van der Waals surface area contributed by atoms with E-state index in [-0.39, 0.29) is 40.8 Å². The number of alkyl halides is 3. The van der Waals surface area contributed by atoms with Crippen molar-refractivity contribution in [2.75, 3.05) is 39.5 Å². The van der Waals surface area contributed by atoms with E-state index >= 15 is 0 Å². The van der Waals surface area contributed by atoms with Crippen LogP contribution in [0.2, 0.25) is 0 Å². The molecule has 3 heterocycles. The number of carbonyl (C=O) groups excluding carboxylic acids is 3. The molecule has 9 nitrogen and oxygen atoms in total. The minimum atomic E-state index is -5.13. The molecule has 1 aromatic rings. The van der Waals surface area contributed by atoms with Crippen LogP contribution in [0, 0.1) is 5.92 Å². The normalized spacial score (nSPS) is 20.8. The van der Waals surface area contributed by atoms with Gasteiger partial charge < -0.3 is 25.4 Å². The van der Waals surface area contributed by atoms with Gasteiger partial charge in [0.05, 0.1) is 29.0 Å². The third-order valence-corrected chi connectivity index (χ3v) is 6.23. The molecule has 2 aliphatic rings. The number of nitrogens with two attached hydrogens (primary N) is 1. The molecule has 0 spiro atoms. The summed E-state index contributed by atoms with van der Waals surface area (Å²) < 4.78 is 47.7. The molecule has 2 aliphatic heterocycles. The smallest absolute Gasteiger partial charge is 0.382 e. The molecule has 1 atom stereocenters. The molecule has 0 saturated carbocycles. The van der Waals surface area contributed by atoms with Gasteiger partial charge >= 0.3 is 12.1 Å². The van der Waals surface area contributed by atoms with Gasteiger partial charge in [0.15, 0.2) is 0 Å². The fourth-order valence-corrected chi connectivity index (χ4v) is 4.24. The average molecular weight is 476 g/mol. The highest BCUT2D eigenvalue weighted by Crippen LogP contribution is 2.22. The van der Waals surface area contributed by atoms with E-state index < -0.39 is 23.8 Å². The van der Waals surface area contributed by atoms with Gasteiger partial charge in [-0.05, 0) is 25.0 Å². The zero-order valence-electron chi connectivity index (χ0n) is 17.0. The van der Waals surface area contributed by atoms with Gasteiger partial charge in [0.1, 0.15) is 5.84 Å². The zero-order chi connectivity index (χ0) is 23.3. The van der Waals surface area contributed by atoms with E-state index in [0.29, 0.717) is 39.2 Å². The molecule has 3 rings (SSSR count). The summed E-state index contributed by atoms with van der Waals surface area (Å²) in [6, 6.07) is 2.35. The number of hydrogen-bond acceptors (Lipinski definition) is 6. The number of halogens is 3. The number of carbonyl (C=O) groups is 3. The lowest BCUT2D eigenvalue weighted by Gasteiger charge is -2.38. The molecule has 0 bridgehead atoms. The van der Waals surface area contributed by atoms with Crippen molar-refractivity contribution < 1.29 is 37.0 Å². The number of morpholine rings is 1. The number of hydrogen-bond donors (Lipinski definition) is 2. The number of rotatable bonds is 5. The van der Waals surface area contributed by atoms with Gasteiger partial charge in [-0.3, -0.25) is 14.4 Å². The summed E-state index contributed by atoms with van der Waals surface area (Å²) in [5, 5.41) is 2.72. The van der Waals surface area contributed by atoms with Gasteiger partial charge in [-0.15, -0.1) is 11.3 Å². The van der Waals surface area contributed by atoms with E-state index in [1.54, 1.807) is 4.90 Å². The van der Waals surface area contributed by atoms with E-state index in [1.165, 1.54) is 12.1 Å². The van der Waals surface area contributed by atoms with Crippen LogP contribution in [0.4, 0.5) is 13.2 Å². The van der Waals surface area contributed by atoms with E-state index in [1.807, 2.05) is 0 Å². The lowest BCUT2D eigenvalue weighted by atomic mass is 9.97. The van der Waals surface area contributed by atoms with E-state index in [2.05, 4.69) is 10.3 Å². The topological polar surface area (TPSA) is 123 Å². The Kier molecular flexibility index (Phi) is 7.85. The Bertz CT molecular complexity index is 883. The maximum Gasteiger partial charge on any atom is 0.473 e. The molecule has 1 aromatic heterocycles. The maximum atomic E-state index is 12.9. The van der Waals surface area contributed by atoms with Gasteiger partial charge in [-0.1, -0.05) is 0 Å². The number of nitrogens with zero attached hydrogens (tertiary/aromatic N) is 2. The largest absolute Gasteiger partial charge is 0.473 e. The van der Waals surface area contributed by atoms with Crippen LogP contribution in [-0.4, -0.2) is 80.2 Å². The summed E-state index contributed by atoms with van der Waals surface area (Å²) in [6.45, 7) is 2.37. The molecule has 3 amide bonds. The molecule has 0 aromatic carbocycles. The van der Waals surface area contributed by atoms with E-state index in [0.717, 1.165) is 11.3 Å². The second-order valence-corrected chi connectivity index (χ2v) is 8.40. The predicted molar refractivity (Wildman–Crippen MR) is 108 cm³/mol. The molecule has 0 aliphatic carbocycles. The van der Waals surface area contributed by atoms with Crippen LogP contribution < -0.4 is 11.1 Å². The third-order valence-electron chi connectivity index (χ3n) is 5.13. The highest BCUT2D eigenvalue weighted by molar-refractivity contribution is 7.16. The minimum absolute atomic E-state index is 0.0209. The van der Waals surface area contributed by atoms with Crippen LogP contribution in [0.1, 0.15) is 27.4 Å². The number of amidine groups is 1. The van der Waals surface area contributed by atoms with Gasteiger partial charge in [0, 0.05) is 32.2 Å². The van der Waals surface area contributed by atoms with E-state index in [9.17, 15) is 27.6 Å². The van der Waals surface area contributed by atoms with E-state index in [4.69, 9.17) is 15.2 Å². The summed E-state index contributed by atoms with van der Waals surface area (Å²) in [5.41, 5.74) is 5.46. The Balaban J connectivity index is 1.59. The van der Waals surface area contributed by atoms with Crippen LogP contribution in [0.15, 0.2) is 17.1 Å². The summed E-state index contributed by atoms with van der Waals surface area (Å²) >= 11 is 0.805. The molecule has 13 heteroatoms. The van der Waals surface area contributed by atoms with Crippen molar-refractivity contribution in [2.45, 2.75) is 25.1 Å². The predicted octanol–water partition coefficient (Wildman–Crippen LogP) is 0.926. The Hall–Kier alpha value is -2.51. The van der Waals surface area contributed by atoms with Gasteiger partial charge in [0.25, 0.3) is 5.91 Å². The van der Waals surface area contributed by atoms with Crippen molar-refractivity contribution in [3.05, 3.63) is 21.9 Å². The Morgan fingerprint density at radius 2 is 1.84 bits per heavy atom. The first-order chi connectivity index (χ1) is 15.2. The van der Waals surface area contributed by atoms with Crippen molar-refractivity contribution in [1.29, 1.82) is 0 Å².